The summed E-state index contributed by atoms with van der Waals surface area (Å²) in [5, 5.41) is 0.571. The van der Waals surface area contributed by atoms with Gasteiger partial charge in [-0.25, -0.2) is 0 Å². The molecule has 3 atom stereocenters. The molecule has 1 aliphatic heterocycles. The third-order valence-corrected chi connectivity index (χ3v) is 3.75. The summed E-state index contributed by atoms with van der Waals surface area (Å²) in [6.45, 7) is 4.26. The van der Waals surface area contributed by atoms with E-state index < -0.39 is 0 Å². The van der Waals surface area contributed by atoms with Gasteiger partial charge in [0.1, 0.15) is 11.5 Å². The summed E-state index contributed by atoms with van der Waals surface area (Å²) < 4.78 is 16.1. The Balaban J connectivity index is 2.23. The first-order valence-electron chi connectivity index (χ1n) is 6.13. The Kier molecular flexibility index (Phi) is 4.03. The van der Waals surface area contributed by atoms with Crippen LogP contribution in [0.1, 0.15) is 31.7 Å². The van der Waals surface area contributed by atoms with Gasteiger partial charge in [-0.05, 0) is 25.3 Å². The number of rotatable bonds is 5. The topological polar surface area (TPSA) is 31.0 Å². The van der Waals surface area contributed by atoms with E-state index in [-0.39, 0.29) is 0 Å². The highest BCUT2D eigenvalue weighted by Crippen LogP contribution is 2.40. The summed E-state index contributed by atoms with van der Waals surface area (Å²) in [6.07, 6.45) is 1.74. The number of hydrogen-bond donors (Lipinski definition) is 0. The molecule has 1 aromatic carbocycles. The maximum absolute atomic E-state index is 6.10. The molecule has 0 N–H and O–H groups in total. The van der Waals surface area contributed by atoms with E-state index in [0.717, 1.165) is 17.7 Å². The van der Waals surface area contributed by atoms with E-state index in [4.69, 9.17) is 25.8 Å². The molecule has 0 aromatic heterocycles. The van der Waals surface area contributed by atoms with Crippen LogP contribution in [0.15, 0.2) is 12.1 Å². The molecular weight excluding hydrogens is 252 g/mol. The Hall–Kier alpha value is -0.930. The van der Waals surface area contributed by atoms with Crippen LogP contribution in [0.25, 0.3) is 0 Å². The molecule has 1 fully saturated rings. The Bertz CT molecular complexity index is 433. The third-order valence-electron chi connectivity index (χ3n) is 3.46. The molecule has 0 radical (unpaired) electrons. The van der Waals surface area contributed by atoms with Crippen LogP contribution in [0.3, 0.4) is 0 Å². The van der Waals surface area contributed by atoms with Crippen LogP contribution in [0.2, 0.25) is 5.02 Å². The van der Waals surface area contributed by atoms with Crippen molar-refractivity contribution in [2.24, 2.45) is 0 Å². The minimum Gasteiger partial charge on any atom is -0.496 e. The van der Waals surface area contributed by atoms with Gasteiger partial charge in [0.15, 0.2) is 0 Å². The molecule has 1 aromatic rings. The largest absolute Gasteiger partial charge is 0.496 e. The van der Waals surface area contributed by atoms with Gasteiger partial charge in [0.2, 0.25) is 0 Å². The van der Waals surface area contributed by atoms with E-state index in [1.165, 1.54) is 0 Å². The molecule has 4 heteroatoms. The maximum Gasteiger partial charge on any atom is 0.138 e. The molecule has 0 bridgehead atoms. The average Bonchev–Trinajstić information content (AvgIpc) is 3.04. The van der Waals surface area contributed by atoms with Crippen molar-refractivity contribution in [3.05, 3.63) is 22.7 Å². The van der Waals surface area contributed by atoms with Crippen molar-refractivity contribution in [2.75, 3.05) is 14.2 Å². The first-order chi connectivity index (χ1) is 8.56. The van der Waals surface area contributed by atoms with Gasteiger partial charge >= 0.3 is 0 Å². The van der Waals surface area contributed by atoms with E-state index in [9.17, 15) is 0 Å². The van der Waals surface area contributed by atoms with Gasteiger partial charge in [-0.1, -0.05) is 18.5 Å². The van der Waals surface area contributed by atoms with E-state index in [0.29, 0.717) is 28.9 Å². The van der Waals surface area contributed by atoms with Crippen molar-refractivity contribution in [3.8, 4) is 11.5 Å². The normalized spacial score (nSPS) is 23.6. The van der Waals surface area contributed by atoms with Gasteiger partial charge in [0.25, 0.3) is 0 Å². The summed E-state index contributed by atoms with van der Waals surface area (Å²) in [5.41, 5.74) is 1.11. The average molecular weight is 271 g/mol. The Morgan fingerprint density at radius 1 is 1.28 bits per heavy atom. The third kappa shape index (κ3) is 2.73. The highest BCUT2D eigenvalue weighted by atomic mass is 35.5. The van der Waals surface area contributed by atoms with E-state index in [1.54, 1.807) is 14.2 Å². The van der Waals surface area contributed by atoms with Crippen LogP contribution in [-0.4, -0.2) is 26.4 Å². The van der Waals surface area contributed by atoms with E-state index >= 15 is 0 Å². The van der Waals surface area contributed by atoms with E-state index in [1.807, 2.05) is 12.1 Å². The minimum atomic E-state index is 0.348. The predicted molar refractivity (Wildman–Crippen MR) is 71.9 cm³/mol. The second-order valence-corrected chi connectivity index (χ2v) is 5.15. The zero-order valence-corrected chi connectivity index (χ0v) is 12.0. The number of hydrogen-bond acceptors (Lipinski definition) is 3. The number of ether oxygens (including phenoxy) is 3. The molecule has 0 amide bonds. The maximum atomic E-state index is 6.10. The zero-order valence-electron chi connectivity index (χ0n) is 11.2. The monoisotopic (exact) mass is 270 g/mol. The number of methoxy groups -OCH3 is 2. The Morgan fingerprint density at radius 2 is 1.89 bits per heavy atom. The lowest BCUT2D eigenvalue weighted by Gasteiger charge is -2.17. The Labute approximate surface area is 113 Å². The lowest BCUT2D eigenvalue weighted by Crippen LogP contribution is -2.03. The lowest BCUT2D eigenvalue weighted by atomic mass is 9.94. The molecule has 3 unspecified atom stereocenters. The molecule has 0 saturated carbocycles. The highest BCUT2D eigenvalue weighted by Gasteiger charge is 2.35. The van der Waals surface area contributed by atoms with Crippen LogP contribution in [0, 0.1) is 0 Å². The smallest absolute Gasteiger partial charge is 0.138 e. The van der Waals surface area contributed by atoms with Crippen LogP contribution in [-0.2, 0) is 4.74 Å². The lowest BCUT2D eigenvalue weighted by molar-refractivity contribution is 0.357. The van der Waals surface area contributed by atoms with E-state index in [2.05, 4.69) is 13.8 Å². The summed E-state index contributed by atoms with van der Waals surface area (Å²) in [4.78, 5) is 0. The van der Waals surface area contributed by atoms with Crippen LogP contribution in [0.5, 0.6) is 11.5 Å². The summed E-state index contributed by atoms with van der Waals surface area (Å²) in [6, 6.07) is 3.77. The van der Waals surface area contributed by atoms with Gasteiger partial charge < -0.3 is 14.2 Å². The molecule has 2 rings (SSSR count). The SMILES string of the molecule is COc1cc(C(C)CC2OC2C)c(OC)cc1Cl. The second-order valence-electron chi connectivity index (χ2n) is 4.75. The summed E-state index contributed by atoms with van der Waals surface area (Å²) in [7, 11) is 3.28. The van der Waals surface area contributed by atoms with Crippen molar-refractivity contribution >= 4 is 11.6 Å². The number of epoxide rings is 1. The molecule has 18 heavy (non-hydrogen) atoms. The fourth-order valence-electron chi connectivity index (χ4n) is 2.22. The molecule has 0 spiro atoms. The van der Waals surface area contributed by atoms with Gasteiger partial charge in [-0.2, -0.15) is 0 Å². The second kappa shape index (κ2) is 5.37. The van der Waals surface area contributed by atoms with Gasteiger partial charge in [-0.15, -0.1) is 0 Å². The van der Waals surface area contributed by atoms with Gasteiger partial charge in [0, 0.05) is 11.6 Å². The van der Waals surface area contributed by atoms with Crippen molar-refractivity contribution in [3.63, 3.8) is 0 Å². The van der Waals surface area contributed by atoms with Crippen LogP contribution >= 0.6 is 11.6 Å². The summed E-state index contributed by atoms with van der Waals surface area (Å²) >= 11 is 6.10. The molecule has 3 nitrogen and oxygen atoms in total. The quantitative estimate of drug-likeness (QED) is 0.766. The fourth-order valence-corrected chi connectivity index (χ4v) is 2.45. The molecule has 1 heterocycles. The first kappa shape index (κ1) is 13.5. The number of halogens is 1. The van der Waals surface area contributed by atoms with Gasteiger partial charge in [0.05, 0.1) is 31.5 Å². The predicted octanol–water partition coefficient (Wildman–Crippen LogP) is 3.64. The number of benzene rings is 1. The van der Waals surface area contributed by atoms with Crippen LogP contribution < -0.4 is 9.47 Å². The van der Waals surface area contributed by atoms with Gasteiger partial charge in [-0.3, -0.25) is 0 Å². The van der Waals surface area contributed by atoms with Crippen molar-refractivity contribution in [1.82, 2.24) is 0 Å². The molecule has 1 saturated heterocycles. The van der Waals surface area contributed by atoms with Crippen molar-refractivity contribution in [2.45, 2.75) is 38.4 Å². The highest BCUT2D eigenvalue weighted by molar-refractivity contribution is 6.32. The Morgan fingerprint density at radius 3 is 2.39 bits per heavy atom. The first-order valence-corrected chi connectivity index (χ1v) is 6.51. The molecule has 1 aliphatic rings. The fraction of sp³-hybridized carbons (Fsp3) is 0.571. The van der Waals surface area contributed by atoms with Crippen molar-refractivity contribution < 1.29 is 14.2 Å². The molecule has 0 aliphatic carbocycles. The molecule has 100 valence electrons. The van der Waals surface area contributed by atoms with Crippen molar-refractivity contribution in [1.29, 1.82) is 0 Å². The zero-order chi connectivity index (χ0) is 13.3. The standard InChI is InChI=1S/C14H19ClO3/c1-8(5-12-9(2)18-12)10-6-14(17-4)11(15)7-13(10)16-3/h6-9,12H,5H2,1-4H3. The molecular formula is C14H19ClO3. The van der Waals surface area contributed by atoms with Crippen LogP contribution in [0.4, 0.5) is 0 Å². The minimum absolute atomic E-state index is 0.348. The summed E-state index contributed by atoms with van der Waals surface area (Å²) in [5.74, 6) is 1.84.